The molecule has 2 nitrogen and oxygen atoms in total. The zero-order chi connectivity index (χ0) is 15.7. The number of allylic oxidation sites excluding steroid dienone is 1. The minimum Gasteiger partial charge on any atom is -0.392 e. The van der Waals surface area contributed by atoms with Crippen molar-refractivity contribution in [1.29, 1.82) is 0 Å². The molecule has 0 spiro atoms. The van der Waals surface area contributed by atoms with Crippen LogP contribution in [-0.4, -0.2) is 17.0 Å². The van der Waals surface area contributed by atoms with Gasteiger partial charge >= 0.3 is 0 Å². The van der Waals surface area contributed by atoms with Crippen LogP contribution < -0.4 is 0 Å². The van der Waals surface area contributed by atoms with Gasteiger partial charge in [-0.25, -0.2) is 0 Å². The van der Waals surface area contributed by atoms with Crippen LogP contribution in [0.4, 0.5) is 0 Å². The third-order valence-electron chi connectivity index (χ3n) is 8.24. The maximum Gasteiger partial charge on any atom is 0.155 e. The third-order valence-corrected chi connectivity index (χ3v) is 8.24. The van der Waals surface area contributed by atoms with E-state index in [1.165, 1.54) is 31.3 Å². The van der Waals surface area contributed by atoms with Gasteiger partial charge in [0.1, 0.15) is 0 Å². The standard InChI is InChI=1S/C20H30O2/c1-12-10-17-15-5-4-13-11-14(21)6-8-19(13,2)16(15)7-9-20(17,3)18(12)22/h11-12,15-18,22H,4-10H2,1-3H3/t12-,15+,16-,17?,18+,19+,20+/m1/s1. The number of fused-ring (bicyclic) bond motifs is 5. The molecule has 4 aliphatic carbocycles. The van der Waals surface area contributed by atoms with Gasteiger partial charge < -0.3 is 5.11 Å². The lowest BCUT2D eigenvalue weighted by Gasteiger charge is -2.57. The lowest BCUT2D eigenvalue weighted by atomic mass is 9.47. The van der Waals surface area contributed by atoms with Crippen molar-refractivity contribution in [2.75, 3.05) is 0 Å². The summed E-state index contributed by atoms with van der Waals surface area (Å²) in [6, 6.07) is 0. The summed E-state index contributed by atoms with van der Waals surface area (Å²) in [5, 5.41) is 10.7. The van der Waals surface area contributed by atoms with E-state index < -0.39 is 0 Å². The van der Waals surface area contributed by atoms with Gasteiger partial charge in [0.15, 0.2) is 5.78 Å². The largest absolute Gasteiger partial charge is 0.392 e. The number of aliphatic hydroxyl groups excluding tert-OH is 1. The zero-order valence-electron chi connectivity index (χ0n) is 14.3. The second-order valence-electron chi connectivity index (χ2n) is 9.17. The van der Waals surface area contributed by atoms with Gasteiger partial charge in [-0.15, -0.1) is 0 Å². The molecule has 0 bridgehead atoms. The topological polar surface area (TPSA) is 37.3 Å². The lowest BCUT2D eigenvalue weighted by molar-refractivity contribution is -0.118. The molecule has 4 rings (SSSR count). The first-order valence-corrected chi connectivity index (χ1v) is 9.28. The summed E-state index contributed by atoms with van der Waals surface area (Å²) in [4.78, 5) is 11.8. The number of ketones is 1. The minimum absolute atomic E-state index is 0.115. The van der Waals surface area contributed by atoms with Crippen molar-refractivity contribution in [3.8, 4) is 0 Å². The SMILES string of the molecule is C[C@@H]1CC2[C@H]3CCC4=CC(=O)CC[C@]4(C)[C@@H]3CC[C@]2(C)[C@H]1O. The number of hydrogen-bond acceptors (Lipinski definition) is 2. The first kappa shape index (κ1) is 14.9. The molecular formula is C20H30O2. The molecule has 3 saturated carbocycles. The van der Waals surface area contributed by atoms with Crippen LogP contribution in [-0.2, 0) is 4.79 Å². The van der Waals surface area contributed by atoms with E-state index in [9.17, 15) is 9.90 Å². The molecule has 7 atom stereocenters. The van der Waals surface area contributed by atoms with E-state index in [-0.39, 0.29) is 16.9 Å². The van der Waals surface area contributed by atoms with Crippen molar-refractivity contribution >= 4 is 5.78 Å². The summed E-state index contributed by atoms with van der Waals surface area (Å²) >= 11 is 0. The van der Waals surface area contributed by atoms with Crippen LogP contribution in [0.5, 0.6) is 0 Å². The van der Waals surface area contributed by atoms with Gasteiger partial charge in [-0.05, 0) is 79.1 Å². The van der Waals surface area contributed by atoms with Crippen molar-refractivity contribution in [3.05, 3.63) is 11.6 Å². The van der Waals surface area contributed by atoms with E-state index in [1.54, 1.807) is 0 Å². The summed E-state index contributed by atoms with van der Waals surface area (Å²) in [7, 11) is 0. The Morgan fingerprint density at radius 2 is 1.91 bits per heavy atom. The highest BCUT2D eigenvalue weighted by molar-refractivity contribution is 5.91. The van der Waals surface area contributed by atoms with Gasteiger partial charge in [-0.3, -0.25) is 4.79 Å². The number of hydrogen-bond donors (Lipinski definition) is 1. The molecule has 1 unspecified atom stereocenters. The number of rotatable bonds is 0. The fraction of sp³-hybridized carbons (Fsp3) is 0.850. The monoisotopic (exact) mass is 302 g/mol. The highest BCUT2D eigenvalue weighted by atomic mass is 16.3. The predicted octanol–water partition coefficient (Wildman–Crippen LogP) is 4.13. The average molecular weight is 302 g/mol. The van der Waals surface area contributed by atoms with Crippen LogP contribution in [0.1, 0.15) is 65.7 Å². The van der Waals surface area contributed by atoms with E-state index in [4.69, 9.17) is 0 Å². The van der Waals surface area contributed by atoms with Gasteiger partial charge in [0.2, 0.25) is 0 Å². The maximum atomic E-state index is 11.8. The van der Waals surface area contributed by atoms with E-state index in [0.717, 1.165) is 31.1 Å². The smallest absolute Gasteiger partial charge is 0.155 e. The highest BCUT2D eigenvalue weighted by Crippen LogP contribution is 2.65. The lowest BCUT2D eigenvalue weighted by Crippen LogP contribution is -2.51. The summed E-state index contributed by atoms with van der Waals surface area (Å²) in [5.41, 5.74) is 1.85. The predicted molar refractivity (Wildman–Crippen MR) is 87.3 cm³/mol. The van der Waals surface area contributed by atoms with Gasteiger partial charge in [0.25, 0.3) is 0 Å². The van der Waals surface area contributed by atoms with E-state index in [2.05, 4.69) is 20.8 Å². The Morgan fingerprint density at radius 1 is 1.14 bits per heavy atom. The van der Waals surface area contributed by atoms with E-state index in [0.29, 0.717) is 17.6 Å². The summed E-state index contributed by atoms with van der Waals surface area (Å²) < 4.78 is 0. The second kappa shape index (κ2) is 4.69. The number of carbonyl (C=O) groups is 1. The molecule has 0 heterocycles. The number of carbonyl (C=O) groups excluding carboxylic acids is 1. The third kappa shape index (κ3) is 1.79. The van der Waals surface area contributed by atoms with E-state index >= 15 is 0 Å². The van der Waals surface area contributed by atoms with E-state index in [1.807, 2.05) is 6.08 Å². The molecule has 3 fully saturated rings. The molecule has 0 aliphatic heterocycles. The molecule has 4 aliphatic rings. The molecule has 0 saturated heterocycles. The summed E-state index contributed by atoms with van der Waals surface area (Å²) in [5.74, 6) is 2.97. The molecule has 2 heteroatoms. The van der Waals surface area contributed by atoms with Crippen molar-refractivity contribution in [2.45, 2.75) is 71.8 Å². The Labute approximate surface area is 134 Å². The molecular weight excluding hydrogens is 272 g/mol. The molecule has 1 N–H and O–H groups in total. The van der Waals surface area contributed by atoms with Crippen molar-refractivity contribution in [3.63, 3.8) is 0 Å². The molecule has 22 heavy (non-hydrogen) atoms. The van der Waals surface area contributed by atoms with Crippen LogP contribution in [0.15, 0.2) is 11.6 Å². The van der Waals surface area contributed by atoms with Crippen molar-refractivity contribution < 1.29 is 9.90 Å². The van der Waals surface area contributed by atoms with Gasteiger partial charge in [-0.1, -0.05) is 26.3 Å². The minimum atomic E-state index is -0.115. The van der Waals surface area contributed by atoms with Gasteiger partial charge in [0.05, 0.1) is 6.10 Å². The van der Waals surface area contributed by atoms with Crippen LogP contribution in [0.25, 0.3) is 0 Å². The number of aliphatic hydroxyl groups is 1. The van der Waals surface area contributed by atoms with Crippen LogP contribution in [0.2, 0.25) is 0 Å². The Kier molecular flexibility index (Phi) is 3.18. The molecule has 0 aromatic heterocycles. The molecule has 122 valence electrons. The fourth-order valence-electron chi connectivity index (χ4n) is 6.90. The molecule has 0 radical (unpaired) electrons. The second-order valence-corrected chi connectivity index (χ2v) is 9.17. The fourth-order valence-corrected chi connectivity index (χ4v) is 6.90. The maximum absolute atomic E-state index is 11.8. The quantitative estimate of drug-likeness (QED) is 0.730. The summed E-state index contributed by atoms with van der Waals surface area (Å²) in [6.07, 6.45) is 9.62. The molecule has 0 amide bonds. The van der Waals surface area contributed by atoms with Crippen molar-refractivity contribution in [2.24, 2.45) is 34.5 Å². The Bertz CT molecular complexity index is 536. The Balaban J connectivity index is 1.69. The van der Waals surface area contributed by atoms with Crippen LogP contribution in [0, 0.1) is 34.5 Å². The zero-order valence-corrected chi connectivity index (χ0v) is 14.3. The first-order chi connectivity index (χ1) is 10.4. The molecule has 0 aromatic rings. The Hall–Kier alpha value is -0.630. The summed E-state index contributed by atoms with van der Waals surface area (Å²) in [6.45, 7) is 7.01. The van der Waals surface area contributed by atoms with Gasteiger partial charge in [-0.2, -0.15) is 0 Å². The molecule has 0 aromatic carbocycles. The normalized spacial score (nSPS) is 54.3. The average Bonchev–Trinajstić information content (AvgIpc) is 2.72. The highest BCUT2D eigenvalue weighted by Gasteiger charge is 2.60. The van der Waals surface area contributed by atoms with Gasteiger partial charge in [0, 0.05) is 6.42 Å². The van der Waals surface area contributed by atoms with Crippen LogP contribution in [0.3, 0.4) is 0 Å². The van der Waals surface area contributed by atoms with Crippen LogP contribution >= 0.6 is 0 Å². The first-order valence-electron chi connectivity index (χ1n) is 9.28. The van der Waals surface area contributed by atoms with Crippen molar-refractivity contribution in [1.82, 2.24) is 0 Å². The Morgan fingerprint density at radius 3 is 2.68 bits per heavy atom.